The zero-order valence-corrected chi connectivity index (χ0v) is 10.0. The van der Waals surface area contributed by atoms with Crippen LogP contribution >= 0.6 is 0 Å². The second-order valence-corrected chi connectivity index (χ2v) is 4.88. The number of benzene rings is 1. The maximum atomic E-state index is 5.91. The molecule has 1 aromatic carbocycles. The summed E-state index contributed by atoms with van der Waals surface area (Å²) >= 11 is 0. The lowest BCUT2D eigenvalue weighted by Crippen LogP contribution is -2.32. The third kappa shape index (κ3) is 5.43. The van der Waals surface area contributed by atoms with Gasteiger partial charge in [0, 0.05) is 17.8 Å². The van der Waals surface area contributed by atoms with E-state index >= 15 is 0 Å². The minimum absolute atomic E-state index is 0.0467. The maximum Gasteiger partial charge on any atom is 0.0340 e. The molecule has 0 aliphatic carbocycles. The van der Waals surface area contributed by atoms with Crippen molar-refractivity contribution < 1.29 is 0 Å². The van der Waals surface area contributed by atoms with Gasteiger partial charge in [0.15, 0.2) is 0 Å². The molecule has 0 amide bonds. The van der Waals surface area contributed by atoms with Crippen molar-refractivity contribution in [2.75, 3.05) is 11.9 Å². The third-order valence-corrected chi connectivity index (χ3v) is 2.38. The van der Waals surface area contributed by atoms with Gasteiger partial charge in [0.1, 0.15) is 0 Å². The van der Waals surface area contributed by atoms with Gasteiger partial charge >= 0.3 is 0 Å². The zero-order valence-electron chi connectivity index (χ0n) is 10.0. The number of hydrogen-bond acceptors (Lipinski definition) is 2. The second kappa shape index (κ2) is 5.17. The predicted octanol–water partition coefficient (Wildman–Crippen LogP) is 2.92. The van der Waals surface area contributed by atoms with Crippen LogP contribution in [0.2, 0.25) is 0 Å². The molecule has 3 N–H and O–H groups in total. The molecule has 0 heterocycles. The van der Waals surface area contributed by atoms with Crippen LogP contribution in [0.1, 0.15) is 32.3 Å². The van der Waals surface area contributed by atoms with Gasteiger partial charge in [-0.3, -0.25) is 0 Å². The van der Waals surface area contributed by atoms with Crippen LogP contribution in [-0.4, -0.2) is 12.1 Å². The Labute approximate surface area is 92.9 Å². The van der Waals surface area contributed by atoms with Crippen LogP contribution in [0.25, 0.3) is 0 Å². The van der Waals surface area contributed by atoms with E-state index in [2.05, 4.69) is 50.4 Å². The van der Waals surface area contributed by atoms with Gasteiger partial charge in [-0.2, -0.15) is 0 Å². The summed E-state index contributed by atoms with van der Waals surface area (Å²) in [5, 5.41) is 3.39. The number of aryl methyl sites for hydroxylation is 1. The Morgan fingerprint density at radius 1 is 1.20 bits per heavy atom. The molecule has 15 heavy (non-hydrogen) atoms. The molecule has 0 spiro atoms. The van der Waals surface area contributed by atoms with Crippen molar-refractivity contribution in [3.63, 3.8) is 0 Å². The summed E-state index contributed by atoms with van der Waals surface area (Å²) in [5.41, 5.74) is 8.35. The molecule has 0 atom stereocenters. The molecular formula is C13H22N2. The van der Waals surface area contributed by atoms with E-state index in [0.717, 1.165) is 19.4 Å². The molecule has 0 aliphatic rings. The normalized spacial score (nSPS) is 11.5. The molecule has 0 saturated carbocycles. The summed E-state index contributed by atoms with van der Waals surface area (Å²) in [6, 6.07) is 8.47. The average Bonchev–Trinajstić information content (AvgIpc) is 2.14. The summed E-state index contributed by atoms with van der Waals surface area (Å²) in [6.45, 7) is 7.22. The standard InChI is InChI=1S/C13H22N2/c1-11-5-7-12(8-6-11)15-10-4-9-13(2,3)14/h5-8,15H,4,9-10,14H2,1-3H3. The van der Waals surface area contributed by atoms with Crippen molar-refractivity contribution >= 4 is 5.69 Å². The van der Waals surface area contributed by atoms with Crippen LogP contribution in [0.3, 0.4) is 0 Å². The van der Waals surface area contributed by atoms with Gasteiger partial charge in [-0.05, 0) is 45.7 Å². The Kier molecular flexibility index (Phi) is 4.15. The minimum Gasteiger partial charge on any atom is -0.385 e. The highest BCUT2D eigenvalue weighted by atomic mass is 14.9. The number of nitrogens with one attached hydrogen (secondary N) is 1. The lowest BCUT2D eigenvalue weighted by Gasteiger charge is -2.18. The van der Waals surface area contributed by atoms with Gasteiger partial charge in [0.25, 0.3) is 0 Å². The molecule has 1 aromatic rings. The number of nitrogens with two attached hydrogens (primary N) is 1. The highest BCUT2D eigenvalue weighted by molar-refractivity contribution is 5.44. The molecule has 0 fully saturated rings. The molecular weight excluding hydrogens is 184 g/mol. The van der Waals surface area contributed by atoms with Gasteiger partial charge < -0.3 is 11.1 Å². The van der Waals surface area contributed by atoms with Crippen molar-refractivity contribution in [3.8, 4) is 0 Å². The van der Waals surface area contributed by atoms with E-state index < -0.39 is 0 Å². The van der Waals surface area contributed by atoms with Crippen molar-refractivity contribution in [2.45, 2.75) is 39.2 Å². The van der Waals surface area contributed by atoms with Gasteiger partial charge in [0.2, 0.25) is 0 Å². The summed E-state index contributed by atoms with van der Waals surface area (Å²) in [4.78, 5) is 0. The molecule has 0 aromatic heterocycles. The second-order valence-electron chi connectivity index (χ2n) is 4.88. The van der Waals surface area contributed by atoms with Crippen LogP contribution < -0.4 is 11.1 Å². The Balaban J connectivity index is 2.23. The highest BCUT2D eigenvalue weighted by Crippen LogP contribution is 2.10. The molecule has 1 rings (SSSR count). The Hall–Kier alpha value is -1.02. The number of hydrogen-bond donors (Lipinski definition) is 2. The first kappa shape index (κ1) is 12.1. The summed E-state index contributed by atoms with van der Waals surface area (Å²) in [5.74, 6) is 0. The SMILES string of the molecule is Cc1ccc(NCCCC(C)(C)N)cc1. The molecule has 2 heteroatoms. The molecule has 0 unspecified atom stereocenters. The lowest BCUT2D eigenvalue weighted by atomic mass is 10.0. The van der Waals surface area contributed by atoms with Crippen molar-refractivity contribution in [3.05, 3.63) is 29.8 Å². The number of rotatable bonds is 5. The number of anilines is 1. The third-order valence-electron chi connectivity index (χ3n) is 2.38. The fraction of sp³-hybridized carbons (Fsp3) is 0.538. The molecule has 0 radical (unpaired) electrons. The van der Waals surface area contributed by atoms with Crippen molar-refractivity contribution in [1.29, 1.82) is 0 Å². The van der Waals surface area contributed by atoms with Crippen LogP contribution in [-0.2, 0) is 0 Å². The Bertz CT molecular complexity index is 282. The first-order valence-electron chi connectivity index (χ1n) is 5.57. The smallest absolute Gasteiger partial charge is 0.0340 e. The average molecular weight is 206 g/mol. The maximum absolute atomic E-state index is 5.91. The fourth-order valence-corrected chi connectivity index (χ4v) is 1.45. The largest absolute Gasteiger partial charge is 0.385 e. The molecule has 0 bridgehead atoms. The Morgan fingerprint density at radius 2 is 1.80 bits per heavy atom. The van der Waals surface area contributed by atoms with E-state index in [0.29, 0.717) is 0 Å². The van der Waals surface area contributed by atoms with E-state index in [1.807, 2.05) is 0 Å². The predicted molar refractivity (Wildman–Crippen MR) is 67.2 cm³/mol. The quantitative estimate of drug-likeness (QED) is 0.727. The summed E-state index contributed by atoms with van der Waals surface area (Å²) in [7, 11) is 0. The summed E-state index contributed by atoms with van der Waals surface area (Å²) in [6.07, 6.45) is 2.16. The van der Waals surface area contributed by atoms with E-state index in [1.165, 1.54) is 11.3 Å². The van der Waals surface area contributed by atoms with Gasteiger partial charge in [0.05, 0.1) is 0 Å². The minimum atomic E-state index is -0.0467. The molecule has 0 saturated heterocycles. The van der Waals surface area contributed by atoms with Crippen molar-refractivity contribution in [2.24, 2.45) is 5.73 Å². The van der Waals surface area contributed by atoms with Gasteiger partial charge in [-0.15, -0.1) is 0 Å². The Morgan fingerprint density at radius 3 is 2.33 bits per heavy atom. The van der Waals surface area contributed by atoms with E-state index in [1.54, 1.807) is 0 Å². The lowest BCUT2D eigenvalue weighted by molar-refractivity contribution is 0.465. The molecule has 0 aliphatic heterocycles. The topological polar surface area (TPSA) is 38.0 Å². The van der Waals surface area contributed by atoms with E-state index in [-0.39, 0.29) is 5.54 Å². The first-order chi connectivity index (χ1) is 6.97. The monoisotopic (exact) mass is 206 g/mol. The molecule has 2 nitrogen and oxygen atoms in total. The summed E-state index contributed by atoms with van der Waals surface area (Å²) < 4.78 is 0. The van der Waals surface area contributed by atoms with Crippen LogP contribution in [0, 0.1) is 6.92 Å². The van der Waals surface area contributed by atoms with Gasteiger partial charge in [-0.25, -0.2) is 0 Å². The van der Waals surface area contributed by atoms with Crippen LogP contribution in [0.5, 0.6) is 0 Å². The van der Waals surface area contributed by atoms with Crippen LogP contribution in [0.4, 0.5) is 5.69 Å². The van der Waals surface area contributed by atoms with Gasteiger partial charge in [-0.1, -0.05) is 17.7 Å². The van der Waals surface area contributed by atoms with E-state index in [9.17, 15) is 0 Å². The molecule has 84 valence electrons. The highest BCUT2D eigenvalue weighted by Gasteiger charge is 2.08. The first-order valence-corrected chi connectivity index (χ1v) is 5.57. The fourth-order valence-electron chi connectivity index (χ4n) is 1.45. The zero-order chi connectivity index (χ0) is 11.3. The van der Waals surface area contributed by atoms with Crippen LogP contribution in [0.15, 0.2) is 24.3 Å². The van der Waals surface area contributed by atoms with E-state index in [4.69, 9.17) is 5.73 Å². The van der Waals surface area contributed by atoms with Crippen molar-refractivity contribution in [1.82, 2.24) is 0 Å².